The molecule has 0 radical (unpaired) electrons. The zero-order valence-electron chi connectivity index (χ0n) is 10.3. The number of benzene rings is 1. The fourth-order valence-electron chi connectivity index (χ4n) is 1.33. The predicted molar refractivity (Wildman–Crippen MR) is 72.9 cm³/mol. The van der Waals surface area contributed by atoms with E-state index in [1.54, 1.807) is 6.07 Å². The molecule has 1 unspecified atom stereocenters. The number of nitrogens with two attached hydrogens (primary N) is 1. The van der Waals surface area contributed by atoms with E-state index in [9.17, 15) is 4.39 Å². The highest BCUT2D eigenvalue weighted by atomic mass is 79.9. The summed E-state index contributed by atoms with van der Waals surface area (Å²) in [4.78, 5) is 0. The molecule has 0 heterocycles. The second-order valence-corrected chi connectivity index (χ2v) is 5.88. The van der Waals surface area contributed by atoms with Gasteiger partial charge in [0, 0.05) is 22.4 Å². The van der Waals surface area contributed by atoms with E-state index in [4.69, 9.17) is 5.73 Å². The Morgan fingerprint density at radius 1 is 1.41 bits per heavy atom. The van der Waals surface area contributed by atoms with Crippen molar-refractivity contribution in [3.8, 4) is 11.8 Å². The molecule has 17 heavy (non-hydrogen) atoms. The van der Waals surface area contributed by atoms with Crippen LogP contribution in [0.3, 0.4) is 0 Å². The van der Waals surface area contributed by atoms with E-state index in [1.807, 2.05) is 20.8 Å². The Balaban J connectivity index is 2.79. The van der Waals surface area contributed by atoms with E-state index >= 15 is 0 Å². The van der Waals surface area contributed by atoms with Crippen molar-refractivity contribution in [3.05, 3.63) is 34.1 Å². The first kappa shape index (κ1) is 14.2. The molecule has 0 bridgehead atoms. The van der Waals surface area contributed by atoms with Crippen LogP contribution < -0.4 is 5.73 Å². The van der Waals surface area contributed by atoms with Crippen molar-refractivity contribution in [2.24, 2.45) is 11.1 Å². The highest BCUT2D eigenvalue weighted by Crippen LogP contribution is 2.24. The normalized spacial score (nSPS) is 12.8. The van der Waals surface area contributed by atoms with Gasteiger partial charge in [-0.2, -0.15) is 0 Å². The van der Waals surface area contributed by atoms with Gasteiger partial charge >= 0.3 is 0 Å². The van der Waals surface area contributed by atoms with Crippen molar-refractivity contribution in [2.45, 2.75) is 33.2 Å². The first-order valence-electron chi connectivity index (χ1n) is 5.50. The molecule has 0 aliphatic heterocycles. The van der Waals surface area contributed by atoms with E-state index in [-0.39, 0.29) is 17.3 Å². The van der Waals surface area contributed by atoms with Gasteiger partial charge in [-0.15, -0.1) is 5.92 Å². The Hall–Kier alpha value is -0.850. The second kappa shape index (κ2) is 5.66. The number of rotatable bonds is 2. The average Bonchev–Trinajstić information content (AvgIpc) is 2.19. The van der Waals surface area contributed by atoms with E-state index < -0.39 is 0 Å². The van der Waals surface area contributed by atoms with Crippen molar-refractivity contribution < 1.29 is 4.39 Å². The molecule has 0 fully saturated rings. The molecule has 0 aliphatic rings. The van der Waals surface area contributed by atoms with E-state index in [0.29, 0.717) is 6.42 Å². The molecule has 1 atom stereocenters. The van der Waals surface area contributed by atoms with Gasteiger partial charge in [0.1, 0.15) is 5.82 Å². The quantitative estimate of drug-likeness (QED) is 0.820. The number of hydrogen-bond donors (Lipinski definition) is 1. The van der Waals surface area contributed by atoms with Gasteiger partial charge in [-0.25, -0.2) is 4.39 Å². The van der Waals surface area contributed by atoms with Crippen molar-refractivity contribution >= 4 is 15.9 Å². The fraction of sp³-hybridized carbons (Fsp3) is 0.429. The number of hydrogen-bond acceptors (Lipinski definition) is 1. The van der Waals surface area contributed by atoms with Crippen LogP contribution in [0.25, 0.3) is 0 Å². The third-order valence-corrected chi connectivity index (χ3v) is 2.87. The maximum Gasteiger partial charge on any atom is 0.123 e. The molecule has 92 valence electrons. The lowest BCUT2D eigenvalue weighted by molar-refractivity contribution is 0.569. The smallest absolute Gasteiger partial charge is 0.123 e. The lowest BCUT2D eigenvalue weighted by Crippen LogP contribution is -2.11. The minimum absolute atomic E-state index is 0.0289. The van der Waals surface area contributed by atoms with Crippen molar-refractivity contribution in [3.63, 3.8) is 0 Å². The summed E-state index contributed by atoms with van der Waals surface area (Å²) in [7, 11) is 0. The van der Waals surface area contributed by atoms with Gasteiger partial charge in [0.05, 0.1) is 0 Å². The first-order valence-corrected chi connectivity index (χ1v) is 6.29. The molecule has 1 aromatic rings. The standard InChI is InChI=1S/C14H17BrFN/c1-14(2,3)8-4-5-13(17)11-9-10(16)6-7-12(11)15/h6-7,9,13H,5,17H2,1-3H3. The molecule has 0 saturated carbocycles. The average molecular weight is 298 g/mol. The Labute approximate surface area is 111 Å². The highest BCUT2D eigenvalue weighted by molar-refractivity contribution is 9.10. The van der Waals surface area contributed by atoms with Gasteiger partial charge in [0.2, 0.25) is 0 Å². The maximum absolute atomic E-state index is 13.1. The van der Waals surface area contributed by atoms with Crippen molar-refractivity contribution in [1.82, 2.24) is 0 Å². The monoisotopic (exact) mass is 297 g/mol. The van der Waals surface area contributed by atoms with Gasteiger partial charge in [-0.3, -0.25) is 0 Å². The van der Waals surface area contributed by atoms with Gasteiger partial charge in [0.25, 0.3) is 0 Å². The molecule has 0 saturated heterocycles. The molecule has 0 amide bonds. The van der Waals surface area contributed by atoms with Crippen molar-refractivity contribution in [2.75, 3.05) is 0 Å². The van der Waals surface area contributed by atoms with Gasteiger partial charge in [0.15, 0.2) is 0 Å². The molecule has 2 N–H and O–H groups in total. The summed E-state index contributed by atoms with van der Waals surface area (Å²) in [6, 6.07) is 4.26. The van der Waals surface area contributed by atoms with E-state index in [0.717, 1.165) is 10.0 Å². The molecule has 1 aromatic carbocycles. The topological polar surface area (TPSA) is 26.0 Å². The molecule has 1 nitrogen and oxygen atoms in total. The summed E-state index contributed by atoms with van der Waals surface area (Å²) in [5, 5.41) is 0. The zero-order chi connectivity index (χ0) is 13.1. The molecular formula is C14H17BrFN. The van der Waals surface area contributed by atoms with Gasteiger partial charge in [-0.1, -0.05) is 21.9 Å². The molecule has 3 heteroatoms. The van der Waals surface area contributed by atoms with Gasteiger partial charge < -0.3 is 5.73 Å². The minimum Gasteiger partial charge on any atom is -0.323 e. The minimum atomic E-state index is -0.276. The first-order chi connectivity index (χ1) is 7.79. The molecular weight excluding hydrogens is 281 g/mol. The predicted octanol–water partition coefficient (Wildman–Crippen LogP) is 4.03. The summed E-state index contributed by atoms with van der Waals surface area (Å²) < 4.78 is 13.9. The van der Waals surface area contributed by atoms with E-state index in [2.05, 4.69) is 27.8 Å². The van der Waals surface area contributed by atoms with Crippen LogP contribution in [0, 0.1) is 23.1 Å². The van der Waals surface area contributed by atoms with Crippen LogP contribution in [0.5, 0.6) is 0 Å². The second-order valence-electron chi connectivity index (χ2n) is 5.03. The van der Waals surface area contributed by atoms with Gasteiger partial charge in [-0.05, 0) is 44.5 Å². The van der Waals surface area contributed by atoms with Crippen molar-refractivity contribution in [1.29, 1.82) is 0 Å². The third-order valence-electron chi connectivity index (χ3n) is 2.14. The Kier molecular flexibility index (Phi) is 4.73. The summed E-state index contributed by atoms with van der Waals surface area (Å²) >= 11 is 3.37. The Bertz CT molecular complexity index is 452. The Morgan fingerprint density at radius 3 is 2.65 bits per heavy atom. The van der Waals surface area contributed by atoms with E-state index in [1.165, 1.54) is 12.1 Å². The van der Waals surface area contributed by atoms with Crippen LogP contribution in [0.15, 0.2) is 22.7 Å². The zero-order valence-corrected chi connectivity index (χ0v) is 11.9. The molecule has 0 aliphatic carbocycles. The van der Waals surface area contributed by atoms with Crippen LogP contribution in [0.2, 0.25) is 0 Å². The lowest BCUT2D eigenvalue weighted by atomic mass is 9.97. The summed E-state index contributed by atoms with van der Waals surface area (Å²) in [5.74, 6) is 5.89. The Morgan fingerprint density at radius 2 is 2.06 bits per heavy atom. The summed E-state index contributed by atoms with van der Waals surface area (Å²) in [6.07, 6.45) is 0.527. The van der Waals surface area contributed by atoms with Crippen LogP contribution in [-0.2, 0) is 0 Å². The summed E-state index contributed by atoms with van der Waals surface area (Å²) in [5.41, 5.74) is 6.72. The maximum atomic E-state index is 13.1. The molecule has 0 aromatic heterocycles. The SMILES string of the molecule is CC(C)(C)C#CCC(N)c1cc(F)ccc1Br. The summed E-state index contributed by atoms with van der Waals surface area (Å²) in [6.45, 7) is 6.14. The van der Waals surface area contributed by atoms with Crippen LogP contribution in [0.1, 0.15) is 38.8 Å². The van der Waals surface area contributed by atoms with Crippen LogP contribution in [-0.4, -0.2) is 0 Å². The largest absolute Gasteiger partial charge is 0.323 e. The number of halogens is 2. The van der Waals surface area contributed by atoms with Crippen LogP contribution in [0.4, 0.5) is 4.39 Å². The van der Waals surface area contributed by atoms with Crippen LogP contribution >= 0.6 is 15.9 Å². The fourth-order valence-corrected chi connectivity index (χ4v) is 1.88. The highest BCUT2D eigenvalue weighted by Gasteiger charge is 2.10. The molecule has 0 spiro atoms. The third kappa shape index (κ3) is 4.89. The molecule has 1 rings (SSSR count). The lowest BCUT2D eigenvalue weighted by Gasteiger charge is -2.12.